The standard InChI is InChI=1S/C15H19N5O/c1-4-11-7-5-6-8-13(11)19-15(21)18-12-9-16-14(17-10-12)20(2)3/h5-10H,4H2,1-3H3,(H2,18,19,21). The molecule has 2 aromatic rings. The molecule has 0 spiro atoms. The monoisotopic (exact) mass is 285 g/mol. The number of nitrogens with one attached hydrogen (secondary N) is 2. The fourth-order valence-corrected chi connectivity index (χ4v) is 1.85. The van der Waals surface area contributed by atoms with Crippen molar-refractivity contribution in [2.45, 2.75) is 13.3 Å². The number of para-hydroxylation sites is 1. The second-order valence-electron chi connectivity index (χ2n) is 4.76. The van der Waals surface area contributed by atoms with Gasteiger partial charge in [0.25, 0.3) is 0 Å². The van der Waals surface area contributed by atoms with Crippen molar-refractivity contribution in [3.63, 3.8) is 0 Å². The topological polar surface area (TPSA) is 70.2 Å². The number of aryl methyl sites for hydroxylation is 1. The van der Waals surface area contributed by atoms with Crippen molar-refractivity contribution in [1.29, 1.82) is 0 Å². The van der Waals surface area contributed by atoms with Gasteiger partial charge in [-0.2, -0.15) is 0 Å². The van der Waals surface area contributed by atoms with E-state index in [0.717, 1.165) is 17.7 Å². The summed E-state index contributed by atoms with van der Waals surface area (Å²) in [4.78, 5) is 22.1. The molecule has 6 heteroatoms. The van der Waals surface area contributed by atoms with Crippen LogP contribution in [0.1, 0.15) is 12.5 Å². The predicted octanol–water partition coefficient (Wildman–Crippen LogP) is 2.75. The van der Waals surface area contributed by atoms with Gasteiger partial charge in [-0.25, -0.2) is 14.8 Å². The Kier molecular flexibility index (Phi) is 4.71. The van der Waals surface area contributed by atoms with Crippen molar-refractivity contribution in [3.05, 3.63) is 42.2 Å². The molecule has 0 radical (unpaired) electrons. The third-order valence-corrected chi connectivity index (χ3v) is 2.94. The van der Waals surface area contributed by atoms with E-state index < -0.39 is 0 Å². The zero-order valence-electron chi connectivity index (χ0n) is 12.4. The summed E-state index contributed by atoms with van der Waals surface area (Å²) in [7, 11) is 3.72. The summed E-state index contributed by atoms with van der Waals surface area (Å²) in [5.74, 6) is 0.595. The summed E-state index contributed by atoms with van der Waals surface area (Å²) in [6.45, 7) is 2.05. The van der Waals surface area contributed by atoms with E-state index in [-0.39, 0.29) is 6.03 Å². The first-order valence-electron chi connectivity index (χ1n) is 6.75. The van der Waals surface area contributed by atoms with Crippen LogP contribution in [0.3, 0.4) is 0 Å². The maximum Gasteiger partial charge on any atom is 0.323 e. The number of carbonyl (C=O) groups is 1. The summed E-state index contributed by atoms with van der Waals surface area (Å²) in [6, 6.07) is 7.41. The van der Waals surface area contributed by atoms with Crippen LogP contribution in [0.15, 0.2) is 36.7 Å². The highest BCUT2D eigenvalue weighted by atomic mass is 16.2. The number of carbonyl (C=O) groups excluding carboxylic acids is 1. The maximum atomic E-state index is 12.0. The van der Waals surface area contributed by atoms with E-state index in [9.17, 15) is 4.79 Å². The Hall–Kier alpha value is -2.63. The average molecular weight is 285 g/mol. The summed E-state index contributed by atoms with van der Waals surface area (Å²) in [5, 5.41) is 5.55. The lowest BCUT2D eigenvalue weighted by atomic mass is 10.1. The molecule has 1 aromatic carbocycles. The number of benzene rings is 1. The maximum absolute atomic E-state index is 12.0. The zero-order valence-corrected chi connectivity index (χ0v) is 12.4. The summed E-state index contributed by atoms with van der Waals surface area (Å²) >= 11 is 0. The van der Waals surface area contributed by atoms with Crippen LogP contribution in [0, 0.1) is 0 Å². The molecule has 0 atom stereocenters. The molecular formula is C15H19N5O. The van der Waals surface area contributed by atoms with Crippen molar-refractivity contribution >= 4 is 23.4 Å². The predicted molar refractivity (Wildman–Crippen MR) is 84.8 cm³/mol. The van der Waals surface area contributed by atoms with Gasteiger partial charge in [-0.3, -0.25) is 0 Å². The van der Waals surface area contributed by atoms with E-state index in [0.29, 0.717) is 11.6 Å². The third-order valence-electron chi connectivity index (χ3n) is 2.94. The molecule has 0 aliphatic rings. The highest BCUT2D eigenvalue weighted by Gasteiger charge is 2.06. The van der Waals surface area contributed by atoms with Crippen molar-refractivity contribution in [3.8, 4) is 0 Å². The number of hydrogen-bond donors (Lipinski definition) is 2. The van der Waals surface area contributed by atoms with E-state index in [1.54, 1.807) is 17.3 Å². The average Bonchev–Trinajstić information content (AvgIpc) is 2.48. The molecule has 1 aromatic heterocycles. The first-order chi connectivity index (χ1) is 10.1. The molecule has 0 aliphatic carbocycles. The minimum Gasteiger partial charge on any atom is -0.347 e. The van der Waals surface area contributed by atoms with Crippen LogP contribution in [-0.2, 0) is 6.42 Å². The molecule has 2 rings (SSSR count). The smallest absolute Gasteiger partial charge is 0.323 e. The van der Waals surface area contributed by atoms with Crippen molar-refractivity contribution in [2.75, 3.05) is 29.6 Å². The molecule has 0 unspecified atom stereocenters. The highest BCUT2D eigenvalue weighted by Crippen LogP contribution is 2.16. The van der Waals surface area contributed by atoms with Crippen molar-refractivity contribution in [2.24, 2.45) is 0 Å². The Morgan fingerprint density at radius 2 is 1.81 bits per heavy atom. The Labute approximate surface area is 124 Å². The summed E-state index contributed by atoms with van der Waals surface area (Å²) in [5.41, 5.74) is 2.45. The molecule has 21 heavy (non-hydrogen) atoms. The van der Waals surface area contributed by atoms with Gasteiger partial charge in [-0.05, 0) is 18.1 Å². The molecule has 0 fully saturated rings. The number of urea groups is 1. The number of nitrogens with zero attached hydrogens (tertiary/aromatic N) is 3. The lowest BCUT2D eigenvalue weighted by molar-refractivity contribution is 0.262. The molecule has 2 N–H and O–H groups in total. The van der Waals surface area contributed by atoms with Gasteiger partial charge >= 0.3 is 6.03 Å². The van der Waals surface area contributed by atoms with Gasteiger partial charge in [0.2, 0.25) is 5.95 Å². The number of aromatic nitrogens is 2. The quantitative estimate of drug-likeness (QED) is 0.906. The Balaban J connectivity index is 2.01. The zero-order chi connectivity index (χ0) is 15.2. The normalized spacial score (nSPS) is 10.0. The minimum absolute atomic E-state index is 0.308. The third kappa shape index (κ3) is 3.92. The highest BCUT2D eigenvalue weighted by molar-refractivity contribution is 6.00. The van der Waals surface area contributed by atoms with E-state index >= 15 is 0 Å². The van der Waals surface area contributed by atoms with E-state index in [1.807, 2.05) is 45.3 Å². The van der Waals surface area contributed by atoms with Crippen LogP contribution < -0.4 is 15.5 Å². The molecular weight excluding hydrogens is 266 g/mol. The first-order valence-corrected chi connectivity index (χ1v) is 6.75. The number of rotatable bonds is 4. The van der Waals surface area contributed by atoms with Gasteiger partial charge < -0.3 is 15.5 Å². The molecule has 1 heterocycles. The van der Waals surface area contributed by atoms with Crippen molar-refractivity contribution < 1.29 is 4.79 Å². The number of hydrogen-bond acceptors (Lipinski definition) is 4. The molecule has 110 valence electrons. The summed E-state index contributed by atoms with van der Waals surface area (Å²) < 4.78 is 0. The lowest BCUT2D eigenvalue weighted by Gasteiger charge is -2.12. The first kappa shape index (κ1) is 14.8. The Morgan fingerprint density at radius 3 is 2.43 bits per heavy atom. The van der Waals surface area contributed by atoms with Crippen LogP contribution in [0.25, 0.3) is 0 Å². The van der Waals surface area contributed by atoms with Gasteiger partial charge in [-0.1, -0.05) is 25.1 Å². The lowest BCUT2D eigenvalue weighted by Crippen LogP contribution is -2.21. The number of amides is 2. The van der Waals surface area contributed by atoms with Gasteiger partial charge in [0, 0.05) is 19.8 Å². The molecule has 0 saturated carbocycles. The van der Waals surface area contributed by atoms with E-state index in [4.69, 9.17) is 0 Å². The van der Waals surface area contributed by atoms with Crippen LogP contribution in [0.5, 0.6) is 0 Å². The molecule has 6 nitrogen and oxygen atoms in total. The van der Waals surface area contributed by atoms with E-state index in [1.165, 1.54) is 0 Å². The van der Waals surface area contributed by atoms with Gasteiger partial charge in [0.05, 0.1) is 18.1 Å². The molecule has 0 saturated heterocycles. The van der Waals surface area contributed by atoms with Crippen molar-refractivity contribution in [1.82, 2.24) is 9.97 Å². The van der Waals surface area contributed by atoms with E-state index in [2.05, 4.69) is 20.6 Å². The SMILES string of the molecule is CCc1ccccc1NC(=O)Nc1cnc(N(C)C)nc1. The molecule has 2 amide bonds. The van der Waals surface area contributed by atoms with Gasteiger partial charge in [0.15, 0.2) is 0 Å². The minimum atomic E-state index is -0.308. The fraction of sp³-hybridized carbons (Fsp3) is 0.267. The van der Waals surface area contributed by atoms with Gasteiger partial charge in [0.1, 0.15) is 0 Å². The number of anilines is 3. The van der Waals surface area contributed by atoms with Crippen LogP contribution >= 0.6 is 0 Å². The van der Waals surface area contributed by atoms with Crippen LogP contribution in [-0.4, -0.2) is 30.1 Å². The van der Waals surface area contributed by atoms with Crippen LogP contribution in [0.4, 0.5) is 22.1 Å². The van der Waals surface area contributed by atoms with Crippen LogP contribution in [0.2, 0.25) is 0 Å². The second-order valence-corrected chi connectivity index (χ2v) is 4.76. The van der Waals surface area contributed by atoms with Gasteiger partial charge in [-0.15, -0.1) is 0 Å². The Morgan fingerprint density at radius 1 is 1.14 bits per heavy atom. The largest absolute Gasteiger partial charge is 0.347 e. The summed E-state index contributed by atoms with van der Waals surface area (Å²) in [6.07, 6.45) is 4.01. The molecule has 0 aliphatic heterocycles. The second kappa shape index (κ2) is 6.69. The fourth-order valence-electron chi connectivity index (χ4n) is 1.85. The molecule has 0 bridgehead atoms. The Bertz CT molecular complexity index is 610.